The number of nitrogens with zero attached hydrogens (tertiary/aromatic N) is 1. The minimum Gasteiger partial charge on any atom is -0.380 e. The molecule has 0 saturated carbocycles. The number of ether oxygens (including phenoxy) is 1. The molecule has 2 unspecified atom stereocenters. The van der Waals surface area contributed by atoms with E-state index in [1.807, 2.05) is 0 Å². The van der Waals surface area contributed by atoms with Crippen molar-refractivity contribution in [1.82, 2.24) is 4.90 Å². The van der Waals surface area contributed by atoms with Gasteiger partial charge in [-0.1, -0.05) is 37.6 Å². The van der Waals surface area contributed by atoms with Gasteiger partial charge in [-0.15, -0.1) is 0 Å². The molecule has 0 aromatic heterocycles. The molecule has 0 amide bonds. The van der Waals surface area contributed by atoms with Gasteiger partial charge in [0.15, 0.2) is 0 Å². The SMILES string of the molecule is CCCC1CCN(C(CN)c2ccccc2COC)C1. The standard InChI is InChI=1S/C17H28N2O/c1-3-6-14-9-10-19(12-14)17(11-18)16-8-5-4-7-15(16)13-20-2/h4-5,7-8,14,17H,3,6,9-13,18H2,1-2H3. The van der Waals surface area contributed by atoms with Crippen molar-refractivity contribution in [2.45, 2.75) is 38.8 Å². The van der Waals surface area contributed by atoms with E-state index in [4.69, 9.17) is 10.5 Å². The van der Waals surface area contributed by atoms with E-state index in [9.17, 15) is 0 Å². The Morgan fingerprint density at radius 3 is 2.90 bits per heavy atom. The highest BCUT2D eigenvalue weighted by molar-refractivity contribution is 5.30. The van der Waals surface area contributed by atoms with Crippen molar-refractivity contribution in [2.24, 2.45) is 11.7 Å². The first-order chi connectivity index (χ1) is 9.80. The van der Waals surface area contributed by atoms with Crippen LogP contribution in [0.25, 0.3) is 0 Å². The number of rotatable bonds is 7. The van der Waals surface area contributed by atoms with Crippen molar-refractivity contribution in [3.8, 4) is 0 Å². The summed E-state index contributed by atoms with van der Waals surface area (Å²) < 4.78 is 5.33. The van der Waals surface area contributed by atoms with E-state index < -0.39 is 0 Å². The second kappa shape index (κ2) is 7.77. The molecule has 1 heterocycles. The molecule has 112 valence electrons. The van der Waals surface area contributed by atoms with Gasteiger partial charge in [0, 0.05) is 26.2 Å². The lowest BCUT2D eigenvalue weighted by Crippen LogP contribution is -2.32. The molecule has 2 atom stereocenters. The first kappa shape index (κ1) is 15.5. The summed E-state index contributed by atoms with van der Waals surface area (Å²) in [6.45, 7) is 5.99. The number of likely N-dealkylation sites (tertiary alicyclic amines) is 1. The van der Waals surface area contributed by atoms with Crippen molar-refractivity contribution in [3.05, 3.63) is 35.4 Å². The Morgan fingerprint density at radius 2 is 2.20 bits per heavy atom. The zero-order valence-electron chi connectivity index (χ0n) is 12.8. The molecule has 2 N–H and O–H groups in total. The van der Waals surface area contributed by atoms with Crippen LogP contribution < -0.4 is 5.73 Å². The predicted octanol–water partition coefficient (Wildman–Crippen LogP) is 2.95. The van der Waals surface area contributed by atoms with Gasteiger partial charge >= 0.3 is 0 Å². The van der Waals surface area contributed by atoms with E-state index in [0.29, 0.717) is 19.2 Å². The summed E-state index contributed by atoms with van der Waals surface area (Å²) in [6, 6.07) is 8.88. The Hall–Kier alpha value is -0.900. The molecule has 0 spiro atoms. The third-order valence-electron chi connectivity index (χ3n) is 4.39. The molecular formula is C17H28N2O. The highest BCUT2D eigenvalue weighted by atomic mass is 16.5. The second-order valence-corrected chi connectivity index (χ2v) is 5.82. The predicted molar refractivity (Wildman–Crippen MR) is 83.5 cm³/mol. The topological polar surface area (TPSA) is 38.5 Å². The number of benzene rings is 1. The number of methoxy groups -OCH3 is 1. The van der Waals surface area contributed by atoms with E-state index in [1.54, 1.807) is 7.11 Å². The molecular weight excluding hydrogens is 248 g/mol. The van der Waals surface area contributed by atoms with Crippen LogP contribution in [0.4, 0.5) is 0 Å². The van der Waals surface area contributed by atoms with Crippen molar-refractivity contribution >= 4 is 0 Å². The molecule has 1 aliphatic rings. The van der Waals surface area contributed by atoms with Crippen LogP contribution in [0, 0.1) is 5.92 Å². The zero-order valence-corrected chi connectivity index (χ0v) is 12.8. The number of hydrogen-bond donors (Lipinski definition) is 1. The molecule has 0 bridgehead atoms. The molecule has 1 aromatic carbocycles. The number of hydrogen-bond acceptors (Lipinski definition) is 3. The van der Waals surface area contributed by atoms with Crippen molar-refractivity contribution in [3.63, 3.8) is 0 Å². The minimum atomic E-state index is 0.336. The van der Waals surface area contributed by atoms with Gasteiger partial charge in [-0.25, -0.2) is 0 Å². The van der Waals surface area contributed by atoms with Crippen LogP contribution in [0.2, 0.25) is 0 Å². The largest absolute Gasteiger partial charge is 0.380 e. The van der Waals surface area contributed by atoms with Gasteiger partial charge in [0.2, 0.25) is 0 Å². The Labute approximate surface area is 123 Å². The summed E-state index contributed by atoms with van der Waals surface area (Å²) in [5.74, 6) is 0.851. The van der Waals surface area contributed by atoms with E-state index in [1.165, 1.54) is 43.5 Å². The molecule has 2 rings (SSSR count). The normalized spacial score (nSPS) is 21.2. The van der Waals surface area contributed by atoms with Gasteiger partial charge in [-0.3, -0.25) is 4.90 Å². The van der Waals surface area contributed by atoms with Crippen LogP contribution in [0.5, 0.6) is 0 Å². The molecule has 1 aliphatic heterocycles. The van der Waals surface area contributed by atoms with E-state index in [2.05, 4.69) is 36.1 Å². The Kier molecular flexibility index (Phi) is 6.02. The Morgan fingerprint density at radius 1 is 1.40 bits per heavy atom. The van der Waals surface area contributed by atoms with Crippen LogP contribution in [-0.2, 0) is 11.3 Å². The van der Waals surface area contributed by atoms with E-state index >= 15 is 0 Å². The highest BCUT2D eigenvalue weighted by Gasteiger charge is 2.28. The molecule has 3 nitrogen and oxygen atoms in total. The molecule has 3 heteroatoms. The maximum absolute atomic E-state index is 6.09. The summed E-state index contributed by atoms with van der Waals surface area (Å²) in [7, 11) is 1.75. The third-order valence-corrected chi connectivity index (χ3v) is 4.39. The molecule has 1 saturated heterocycles. The summed E-state index contributed by atoms with van der Waals surface area (Å²) in [6.07, 6.45) is 3.94. The van der Waals surface area contributed by atoms with E-state index in [-0.39, 0.29) is 0 Å². The highest BCUT2D eigenvalue weighted by Crippen LogP contribution is 2.30. The smallest absolute Gasteiger partial charge is 0.0716 e. The first-order valence-electron chi connectivity index (χ1n) is 7.81. The van der Waals surface area contributed by atoms with Crippen LogP contribution in [-0.4, -0.2) is 31.6 Å². The van der Waals surface area contributed by atoms with Gasteiger partial charge < -0.3 is 10.5 Å². The fourth-order valence-corrected chi connectivity index (χ4v) is 3.41. The molecule has 20 heavy (non-hydrogen) atoms. The fourth-order valence-electron chi connectivity index (χ4n) is 3.41. The molecule has 1 fully saturated rings. The van der Waals surface area contributed by atoms with Gasteiger partial charge in [0.1, 0.15) is 0 Å². The van der Waals surface area contributed by atoms with Crippen LogP contribution in [0.3, 0.4) is 0 Å². The maximum atomic E-state index is 6.09. The summed E-state index contributed by atoms with van der Waals surface area (Å²) in [4.78, 5) is 2.56. The van der Waals surface area contributed by atoms with Crippen molar-refractivity contribution in [2.75, 3.05) is 26.7 Å². The van der Waals surface area contributed by atoms with Crippen molar-refractivity contribution < 1.29 is 4.74 Å². The molecule has 0 radical (unpaired) electrons. The fraction of sp³-hybridized carbons (Fsp3) is 0.647. The number of nitrogens with two attached hydrogens (primary N) is 1. The Bertz CT molecular complexity index is 408. The van der Waals surface area contributed by atoms with E-state index in [0.717, 1.165) is 5.92 Å². The molecule has 0 aliphatic carbocycles. The van der Waals surface area contributed by atoms with Gasteiger partial charge in [0.05, 0.1) is 6.61 Å². The average Bonchev–Trinajstić information content (AvgIpc) is 2.91. The minimum absolute atomic E-state index is 0.336. The lowest BCUT2D eigenvalue weighted by atomic mass is 9.99. The van der Waals surface area contributed by atoms with Crippen molar-refractivity contribution in [1.29, 1.82) is 0 Å². The van der Waals surface area contributed by atoms with Gasteiger partial charge in [-0.05, 0) is 36.4 Å². The molecule has 1 aromatic rings. The summed E-state index contributed by atoms with van der Waals surface area (Å²) in [5, 5.41) is 0. The van der Waals surface area contributed by atoms with Gasteiger partial charge in [-0.2, -0.15) is 0 Å². The Balaban J connectivity index is 2.12. The summed E-state index contributed by atoms with van der Waals surface area (Å²) in [5.41, 5.74) is 8.70. The first-order valence-corrected chi connectivity index (χ1v) is 7.81. The second-order valence-electron chi connectivity index (χ2n) is 5.82. The lowest BCUT2D eigenvalue weighted by molar-refractivity contribution is 0.179. The quantitative estimate of drug-likeness (QED) is 0.832. The maximum Gasteiger partial charge on any atom is 0.0716 e. The zero-order chi connectivity index (χ0) is 14.4. The monoisotopic (exact) mass is 276 g/mol. The van der Waals surface area contributed by atoms with Gasteiger partial charge in [0.25, 0.3) is 0 Å². The average molecular weight is 276 g/mol. The van der Waals surface area contributed by atoms with Crippen LogP contribution >= 0.6 is 0 Å². The lowest BCUT2D eigenvalue weighted by Gasteiger charge is -2.29. The van der Waals surface area contributed by atoms with Crippen LogP contribution in [0.15, 0.2) is 24.3 Å². The third kappa shape index (κ3) is 3.60. The van der Waals surface area contributed by atoms with Crippen LogP contribution in [0.1, 0.15) is 43.4 Å². The summed E-state index contributed by atoms with van der Waals surface area (Å²) >= 11 is 0.